The first-order chi connectivity index (χ1) is 7.75. The topological polar surface area (TPSA) is 47.3 Å². The number of hydrogen-bond acceptors (Lipinski definition) is 3. The molecule has 2 rings (SSSR count). The maximum Gasteiger partial charge on any atom is 0.0747 e. The van der Waals surface area contributed by atoms with Gasteiger partial charge >= 0.3 is 0 Å². The van der Waals surface area contributed by atoms with Crippen LogP contribution >= 0.6 is 15.9 Å². The maximum absolute atomic E-state index is 5.88. The second-order valence-corrected chi connectivity index (χ2v) is 5.02. The highest BCUT2D eigenvalue weighted by Gasteiger charge is 2.13. The van der Waals surface area contributed by atoms with Gasteiger partial charge in [0.2, 0.25) is 0 Å². The molecular weight excluding hydrogens is 268 g/mol. The Morgan fingerprint density at radius 2 is 2.31 bits per heavy atom. The number of nitrogen functional groups attached to an aromatic ring is 1. The number of anilines is 2. The summed E-state index contributed by atoms with van der Waals surface area (Å²) < 4.78 is 6.69. The third-order valence-corrected chi connectivity index (χ3v) is 3.30. The fourth-order valence-corrected chi connectivity index (χ4v) is 2.23. The van der Waals surface area contributed by atoms with Gasteiger partial charge in [0.15, 0.2) is 0 Å². The molecule has 0 saturated carbocycles. The third kappa shape index (κ3) is 3.12. The zero-order valence-corrected chi connectivity index (χ0v) is 10.8. The maximum atomic E-state index is 5.88. The van der Waals surface area contributed by atoms with Gasteiger partial charge in [-0.05, 0) is 37.5 Å². The van der Waals surface area contributed by atoms with E-state index in [1.807, 2.05) is 18.2 Å². The highest BCUT2D eigenvalue weighted by Crippen LogP contribution is 2.24. The first kappa shape index (κ1) is 11.7. The molecule has 0 aromatic heterocycles. The summed E-state index contributed by atoms with van der Waals surface area (Å²) in [5.74, 6) is 0. The van der Waals surface area contributed by atoms with Gasteiger partial charge in [0, 0.05) is 17.6 Å². The Labute approximate surface area is 104 Å². The molecule has 3 N–H and O–H groups in total. The monoisotopic (exact) mass is 284 g/mol. The molecule has 0 amide bonds. The van der Waals surface area contributed by atoms with E-state index in [0.717, 1.165) is 35.4 Å². The Balaban J connectivity index is 1.90. The molecule has 1 saturated heterocycles. The number of halogens is 1. The van der Waals surface area contributed by atoms with Gasteiger partial charge in [-0.1, -0.05) is 15.9 Å². The van der Waals surface area contributed by atoms with Crippen molar-refractivity contribution in [3.8, 4) is 0 Å². The quantitative estimate of drug-likeness (QED) is 0.839. The lowest BCUT2D eigenvalue weighted by atomic mass is 10.1. The highest BCUT2D eigenvalue weighted by atomic mass is 79.9. The fourth-order valence-electron chi connectivity index (χ4n) is 1.87. The van der Waals surface area contributed by atoms with E-state index in [-0.39, 0.29) is 0 Å². The molecule has 0 radical (unpaired) electrons. The van der Waals surface area contributed by atoms with Gasteiger partial charge in [0.1, 0.15) is 0 Å². The second kappa shape index (κ2) is 5.55. The minimum Gasteiger partial charge on any atom is -0.397 e. The number of rotatable bonds is 3. The summed E-state index contributed by atoms with van der Waals surface area (Å²) in [6, 6.07) is 5.84. The summed E-state index contributed by atoms with van der Waals surface area (Å²) in [6.07, 6.45) is 3.92. The zero-order chi connectivity index (χ0) is 11.4. The average Bonchev–Trinajstić information content (AvgIpc) is 2.32. The van der Waals surface area contributed by atoms with Gasteiger partial charge < -0.3 is 15.8 Å². The van der Waals surface area contributed by atoms with E-state index in [1.54, 1.807) is 0 Å². The van der Waals surface area contributed by atoms with Crippen molar-refractivity contribution < 1.29 is 4.74 Å². The SMILES string of the molecule is Nc1ccc(Br)cc1NCC1CCCCO1. The van der Waals surface area contributed by atoms with Crippen molar-refractivity contribution in [1.29, 1.82) is 0 Å². The Morgan fingerprint density at radius 1 is 1.44 bits per heavy atom. The van der Waals surface area contributed by atoms with Gasteiger partial charge in [-0.2, -0.15) is 0 Å². The van der Waals surface area contributed by atoms with Crippen LogP contribution in [0.15, 0.2) is 22.7 Å². The molecule has 3 nitrogen and oxygen atoms in total. The second-order valence-electron chi connectivity index (χ2n) is 4.10. The molecule has 1 aromatic rings. The first-order valence-electron chi connectivity index (χ1n) is 5.66. The molecule has 1 atom stereocenters. The molecule has 1 aliphatic heterocycles. The van der Waals surface area contributed by atoms with E-state index >= 15 is 0 Å². The van der Waals surface area contributed by atoms with Crippen molar-refractivity contribution in [3.63, 3.8) is 0 Å². The van der Waals surface area contributed by atoms with Crippen molar-refractivity contribution in [2.24, 2.45) is 0 Å². The minimum atomic E-state index is 0.326. The normalized spacial score (nSPS) is 20.7. The summed E-state index contributed by atoms with van der Waals surface area (Å²) in [6.45, 7) is 1.72. The lowest BCUT2D eigenvalue weighted by Crippen LogP contribution is -2.27. The number of hydrogen-bond donors (Lipinski definition) is 2. The first-order valence-corrected chi connectivity index (χ1v) is 6.45. The molecule has 1 fully saturated rings. The van der Waals surface area contributed by atoms with Crippen LogP contribution in [0.25, 0.3) is 0 Å². The number of nitrogens with one attached hydrogen (secondary N) is 1. The van der Waals surface area contributed by atoms with Gasteiger partial charge in [-0.15, -0.1) is 0 Å². The highest BCUT2D eigenvalue weighted by molar-refractivity contribution is 9.10. The predicted octanol–water partition coefficient (Wildman–Crippen LogP) is 3.01. The van der Waals surface area contributed by atoms with Gasteiger partial charge in [0.25, 0.3) is 0 Å². The van der Waals surface area contributed by atoms with E-state index in [0.29, 0.717) is 6.10 Å². The molecule has 4 heteroatoms. The van der Waals surface area contributed by atoms with Gasteiger partial charge in [-0.25, -0.2) is 0 Å². The fraction of sp³-hybridized carbons (Fsp3) is 0.500. The molecule has 0 spiro atoms. The summed E-state index contributed by atoms with van der Waals surface area (Å²) in [5, 5.41) is 3.34. The minimum absolute atomic E-state index is 0.326. The molecule has 88 valence electrons. The molecule has 1 unspecified atom stereocenters. The summed E-state index contributed by atoms with van der Waals surface area (Å²) in [7, 11) is 0. The smallest absolute Gasteiger partial charge is 0.0747 e. The van der Waals surface area contributed by atoms with Crippen molar-refractivity contribution in [1.82, 2.24) is 0 Å². The van der Waals surface area contributed by atoms with Crippen LogP contribution in [0.2, 0.25) is 0 Å². The van der Waals surface area contributed by atoms with Crippen LogP contribution in [0.4, 0.5) is 11.4 Å². The van der Waals surface area contributed by atoms with Crippen molar-refractivity contribution in [3.05, 3.63) is 22.7 Å². The molecule has 1 aliphatic rings. The molecule has 1 aromatic carbocycles. The van der Waals surface area contributed by atoms with Crippen LogP contribution in [0.1, 0.15) is 19.3 Å². The van der Waals surface area contributed by atoms with Gasteiger partial charge in [-0.3, -0.25) is 0 Å². The van der Waals surface area contributed by atoms with Crippen LogP contribution in [0, 0.1) is 0 Å². The van der Waals surface area contributed by atoms with E-state index < -0.39 is 0 Å². The van der Waals surface area contributed by atoms with E-state index in [1.165, 1.54) is 12.8 Å². The van der Waals surface area contributed by atoms with E-state index in [2.05, 4.69) is 21.2 Å². The Hall–Kier alpha value is -0.740. The molecule has 0 bridgehead atoms. The van der Waals surface area contributed by atoms with Crippen molar-refractivity contribution in [2.45, 2.75) is 25.4 Å². The summed E-state index contributed by atoms with van der Waals surface area (Å²) in [5.41, 5.74) is 7.63. The number of ether oxygens (including phenoxy) is 1. The Bertz CT molecular complexity index is 351. The average molecular weight is 285 g/mol. The predicted molar refractivity (Wildman–Crippen MR) is 70.6 cm³/mol. The van der Waals surface area contributed by atoms with Crippen LogP contribution in [0.5, 0.6) is 0 Å². The molecule has 16 heavy (non-hydrogen) atoms. The standard InChI is InChI=1S/C12H17BrN2O/c13-9-4-5-11(14)12(7-9)15-8-10-3-1-2-6-16-10/h4-5,7,10,15H,1-3,6,8,14H2. The zero-order valence-electron chi connectivity index (χ0n) is 9.21. The Kier molecular flexibility index (Phi) is 4.07. The summed E-state index contributed by atoms with van der Waals surface area (Å²) in [4.78, 5) is 0. The number of nitrogens with two attached hydrogens (primary N) is 1. The molecular formula is C12H17BrN2O. The van der Waals surface area contributed by atoms with Crippen molar-refractivity contribution in [2.75, 3.05) is 24.2 Å². The van der Waals surface area contributed by atoms with E-state index in [4.69, 9.17) is 10.5 Å². The van der Waals surface area contributed by atoms with Crippen LogP contribution in [-0.4, -0.2) is 19.3 Å². The van der Waals surface area contributed by atoms with Crippen LogP contribution in [-0.2, 0) is 4.74 Å². The largest absolute Gasteiger partial charge is 0.397 e. The third-order valence-electron chi connectivity index (χ3n) is 2.81. The lowest BCUT2D eigenvalue weighted by Gasteiger charge is -2.23. The van der Waals surface area contributed by atoms with Crippen LogP contribution < -0.4 is 11.1 Å². The van der Waals surface area contributed by atoms with Gasteiger partial charge in [0.05, 0.1) is 17.5 Å². The van der Waals surface area contributed by atoms with Crippen LogP contribution in [0.3, 0.4) is 0 Å². The van der Waals surface area contributed by atoms with E-state index in [9.17, 15) is 0 Å². The lowest BCUT2D eigenvalue weighted by molar-refractivity contribution is 0.0248. The molecule has 1 heterocycles. The van der Waals surface area contributed by atoms with Crippen molar-refractivity contribution >= 4 is 27.3 Å². The number of benzene rings is 1. The summed E-state index contributed by atoms with van der Waals surface area (Å²) >= 11 is 3.44. The Morgan fingerprint density at radius 3 is 3.06 bits per heavy atom. The molecule has 0 aliphatic carbocycles.